The highest BCUT2D eigenvalue weighted by molar-refractivity contribution is 5.92. The van der Waals surface area contributed by atoms with Gasteiger partial charge in [0.05, 0.1) is 13.2 Å². The first-order chi connectivity index (χ1) is 11.6. The molecule has 0 aliphatic carbocycles. The van der Waals surface area contributed by atoms with Crippen molar-refractivity contribution in [3.8, 4) is 0 Å². The van der Waals surface area contributed by atoms with Crippen LogP contribution in [0.1, 0.15) is 26.2 Å². The fourth-order valence-electron chi connectivity index (χ4n) is 3.32. The number of anilines is 1. The van der Waals surface area contributed by atoms with Crippen LogP contribution >= 0.6 is 0 Å². The third-order valence-electron chi connectivity index (χ3n) is 4.69. The zero-order valence-corrected chi connectivity index (χ0v) is 14.1. The molecule has 0 atom stereocenters. The Morgan fingerprint density at radius 1 is 1.12 bits per heavy atom. The molecule has 2 aliphatic heterocycles. The van der Waals surface area contributed by atoms with Crippen LogP contribution in [0.25, 0.3) is 0 Å². The molecule has 0 bridgehead atoms. The molecule has 0 radical (unpaired) electrons. The molecule has 2 fully saturated rings. The molecule has 6 nitrogen and oxygen atoms in total. The summed E-state index contributed by atoms with van der Waals surface area (Å²) in [6.07, 6.45) is 1.75. The van der Waals surface area contributed by atoms with Crippen LogP contribution in [0.4, 0.5) is 5.69 Å². The lowest BCUT2D eigenvalue weighted by atomic mass is 10.0. The van der Waals surface area contributed by atoms with Crippen LogP contribution in [0.2, 0.25) is 0 Å². The Kier molecular flexibility index (Phi) is 5.16. The standard InChI is InChI=1S/C18H24N2O4/c1-15(21)20(16-5-3-2-4-6-16)10-7-17(22)19-11-8-18(9-12-19)23-13-14-24-18/h2-6H,7-14H2,1H3. The van der Waals surface area contributed by atoms with E-state index >= 15 is 0 Å². The molecule has 130 valence electrons. The third-order valence-corrected chi connectivity index (χ3v) is 4.69. The van der Waals surface area contributed by atoms with E-state index in [4.69, 9.17) is 9.47 Å². The van der Waals surface area contributed by atoms with Crippen LogP contribution in [0.5, 0.6) is 0 Å². The number of rotatable bonds is 4. The van der Waals surface area contributed by atoms with Crippen LogP contribution in [-0.2, 0) is 19.1 Å². The van der Waals surface area contributed by atoms with Crippen LogP contribution in [0.3, 0.4) is 0 Å². The fourth-order valence-corrected chi connectivity index (χ4v) is 3.32. The van der Waals surface area contributed by atoms with Gasteiger partial charge in [0, 0.05) is 51.5 Å². The zero-order valence-electron chi connectivity index (χ0n) is 14.1. The molecular formula is C18H24N2O4. The van der Waals surface area contributed by atoms with Gasteiger partial charge in [-0.15, -0.1) is 0 Å². The maximum atomic E-state index is 12.5. The Morgan fingerprint density at radius 2 is 1.75 bits per heavy atom. The summed E-state index contributed by atoms with van der Waals surface area (Å²) in [4.78, 5) is 27.8. The summed E-state index contributed by atoms with van der Waals surface area (Å²) in [6.45, 7) is 4.48. The number of amides is 2. The molecule has 0 unspecified atom stereocenters. The van der Waals surface area contributed by atoms with Gasteiger partial charge in [0.25, 0.3) is 0 Å². The second kappa shape index (κ2) is 7.32. The van der Waals surface area contributed by atoms with Gasteiger partial charge in [0.1, 0.15) is 0 Å². The van der Waals surface area contributed by atoms with Crippen LogP contribution in [-0.4, -0.2) is 55.3 Å². The topological polar surface area (TPSA) is 59.1 Å². The lowest BCUT2D eigenvalue weighted by Gasteiger charge is -2.37. The number of carbonyl (C=O) groups excluding carboxylic acids is 2. The lowest BCUT2D eigenvalue weighted by Crippen LogP contribution is -2.48. The molecule has 1 aromatic carbocycles. The first-order valence-electron chi connectivity index (χ1n) is 8.48. The van der Waals surface area contributed by atoms with Crippen molar-refractivity contribution < 1.29 is 19.1 Å². The fraction of sp³-hybridized carbons (Fsp3) is 0.556. The molecule has 2 aliphatic rings. The molecule has 0 aromatic heterocycles. The predicted octanol–water partition coefficient (Wildman–Crippen LogP) is 1.80. The van der Waals surface area contributed by atoms with Gasteiger partial charge >= 0.3 is 0 Å². The summed E-state index contributed by atoms with van der Waals surface area (Å²) in [6, 6.07) is 9.44. The summed E-state index contributed by atoms with van der Waals surface area (Å²) in [5, 5.41) is 0. The first-order valence-corrected chi connectivity index (χ1v) is 8.48. The quantitative estimate of drug-likeness (QED) is 0.843. The highest BCUT2D eigenvalue weighted by atomic mass is 16.7. The van der Waals surface area contributed by atoms with Crippen LogP contribution in [0.15, 0.2) is 30.3 Å². The predicted molar refractivity (Wildman–Crippen MR) is 89.5 cm³/mol. The van der Waals surface area contributed by atoms with E-state index < -0.39 is 5.79 Å². The molecule has 0 saturated carbocycles. The van der Waals surface area contributed by atoms with Gasteiger partial charge in [-0.05, 0) is 12.1 Å². The van der Waals surface area contributed by atoms with Crippen molar-refractivity contribution in [2.45, 2.75) is 32.0 Å². The number of para-hydroxylation sites is 1. The SMILES string of the molecule is CC(=O)N(CCC(=O)N1CCC2(CC1)OCCO2)c1ccccc1. The van der Waals surface area contributed by atoms with E-state index in [1.807, 2.05) is 35.2 Å². The van der Waals surface area contributed by atoms with Crippen molar-refractivity contribution in [2.24, 2.45) is 0 Å². The van der Waals surface area contributed by atoms with E-state index in [-0.39, 0.29) is 11.8 Å². The van der Waals surface area contributed by atoms with E-state index in [0.29, 0.717) is 52.1 Å². The minimum atomic E-state index is -0.466. The largest absolute Gasteiger partial charge is 0.347 e. The zero-order chi connectivity index (χ0) is 17.0. The van der Waals surface area contributed by atoms with Crippen LogP contribution < -0.4 is 4.90 Å². The summed E-state index contributed by atoms with van der Waals surface area (Å²) in [5.41, 5.74) is 0.822. The van der Waals surface area contributed by atoms with Crippen molar-refractivity contribution in [1.82, 2.24) is 4.90 Å². The molecule has 3 rings (SSSR count). The summed E-state index contributed by atoms with van der Waals surface area (Å²) in [5.74, 6) is -0.448. The highest BCUT2D eigenvalue weighted by Gasteiger charge is 2.40. The molecule has 1 spiro atoms. The Balaban J connectivity index is 1.52. The number of hydrogen-bond donors (Lipinski definition) is 0. The number of hydrogen-bond acceptors (Lipinski definition) is 4. The average Bonchev–Trinajstić information content (AvgIpc) is 3.04. The molecule has 2 saturated heterocycles. The molecule has 2 heterocycles. The van der Waals surface area contributed by atoms with Gasteiger partial charge in [0.15, 0.2) is 5.79 Å². The molecule has 2 amide bonds. The smallest absolute Gasteiger partial charge is 0.224 e. The van der Waals surface area contributed by atoms with Crippen molar-refractivity contribution >= 4 is 17.5 Å². The molecule has 24 heavy (non-hydrogen) atoms. The summed E-state index contributed by atoms with van der Waals surface area (Å²) in [7, 11) is 0. The van der Waals surface area contributed by atoms with Gasteiger partial charge in [-0.25, -0.2) is 0 Å². The van der Waals surface area contributed by atoms with Gasteiger partial charge in [-0.2, -0.15) is 0 Å². The molecule has 0 N–H and O–H groups in total. The Hall–Kier alpha value is -1.92. The number of nitrogens with zero attached hydrogens (tertiary/aromatic N) is 2. The highest BCUT2D eigenvalue weighted by Crippen LogP contribution is 2.31. The maximum absolute atomic E-state index is 12.5. The van der Waals surface area contributed by atoms with E-state index in [1.165, 1.54) is 6.92 Å². The minimum absolute atomic E-state index is 0.0562. The lowest BCUT2D eigenvalue weighted by molar-refractivity contribution is -0.187. The monoisotopic (exact) mass is 332 g/mol. The summed E-state index contributed by atoms with van der Waals surface area (Å²) < 4.78 is 11.4. The number of ether oxygens (including phenoxy) is 2. The molecule has 6 heteroatoms. The number of likely N-dealkylation sites (tertiary alicyclic amines) is 1. The van der Waals surface area contributed by atoms with Gasteiger partial charge < -0.3 is 19.3 Å². The number of carbonyl (C=O) groups is 2. The van der Waals surface area contributed by atoms with Crippen molar-refractivity contribution in [1.29, 1.82) is 0 Å². The first kappa shape index (κ1) is 16.9. The molecule has 1 aromatic rings. The Labute approximate surface area is 142 Å². The van der Waals surface area contributed by atoms with E-state index in [2.05, 4.69) is 0 Å². The van der Waals surface area contributed by atoms with Crippen molar-refractivity contribution in [3.05, 3.63) is 30.3 Å². The third kappa shape index (κ3) is 3.76. The van der Waals surface area contributed by atoms with Gasteiger partial charge in [0.2, 0.25) is 11.8 Å². The van der Waals surface area contributed by atoms with Gasteiger partial charge in [-0.3, -0.25) is 9.59 Å². The van der Waals surface area contributed by atoms with Crippen molar-refractivity contribution in [3.63, 3.8) is 0 Å². The second-order valence-electron chi connectivity index (χ2n) is 6.24. The average molecular weight is 332 g/mol. The van der Waals surface area contributed by atoms with E-state index in [1.54, 1.807) is 4.90 Å². The number of piperidine rings is 1. The molecular weight excluding hydrogens is 308 g/mol. The van der Waals surface area contributed by atoms with Gasteiger partial charge in [-0.1, -0.05) is 18.2 Å². The summed E-state index contributed by atoms with van der Waals surface area (Å²) >= 11 is 0. The van der Waals surface area contributed by atoms with Crippen molar-refractivity contribution in [2.75, 3.05) is 37.7 Å². The van der Waals surface area contributed by atoms with E-state index in [0.717, 1.165) is 5.69 Å². The second-order valence-corrected chi connectivity index (χ2v) is 6.24. The normalized spacial score (nSPS) is 19.5. The maximum Gasteiger partial charge on any atom is 0.224 e. The Bertz CT molecular complexity index is 574. The van der Waals surface area contributed by atoms with E-state index in [9.17, 15) is 9.59 Å². The Morgan fingerprint density at radius 3 is 2.33 bits per heavy atom. The van der Waals surface area contributed by atoms with Crippen LogP contribution in [0, 0.1) is 0 Å². The number of benzene rings is 1. The minimum Gasteiger partial charge on any atom is -0.347 e.